The van der Waals surface area contributed by atoms with Gasteiger partial charge in [0, 0.05) is 24.6 Å². The van der Waals surface area contributed by atoms with E-state index in [-0.39, 0.29) is 0 Å². The fourth-order valence-corrected chi connectivity index (χ4v) is 1.88. The Bertz CT molecular complexity index is 516. The van der Waals surface area contributed by atoms with Gasteiger partial charge in [-0.05, 0) is 32.4 Å². The van der Waals surface area contributed by atoms with Gasteiger partial charge < -0.3 is 9.88 Å². The quantitative estimate of drug-likeness (QED) is 0.876. The van der Waals surface area contributed by atoms with E-state index >= 15 is 0 Å². The van der Waals surface area contributed by atoms with E-state index in [0.29, 0.717) is 0 Å². The summed E-state index contributed by atoms with van der Waals surface area (Å²) < 4.78 is 2.14. The van der Waals surface area contributed by atoms with E-state index in [9.17, 15) is 0 Å². The third kappa shape index (κ3) is 2.88. The first kappa shape index (κ1) is 12.6. The van der Waals surface area contributed by atoms with E-state index in [1.54, 1.807) is 0 Å². The van der Waals surface area contributed by atoms with Gasteiger partial charge in [0.25, 0.3) is 0 Å². The number of nitrogens with zero attached hydrogens (tertiary/aromatic N) is 3. The molecule has 4 nitrogen and oxygen atoms in total. The Morgan fingerprint density at radius 3 is 2.83 bits per heavy atom. The number of aryl methyl sites for hydroxylation is 3. The first-order chi connectivity index (χ1) is 8.70. The Morgan fingerprint density at radius 1 is 1.28 bits per heavy atom. The summed E-state index contributed by atoms with van der Waals surface area (Å²) >= 11 is 0. The summed E-state index contributed by atoms with van der Waals surface area (Å²) in [5, 5.41) is 3.35. The van der Waals surface area contributed by atoms with Crippen molar-refractivity contribution in [2.75, 3.05) is 5.32 Å². The molecule has 2 rings (SSSR count). The predicted octanol–water partition coefficient (Wildman–Crippen LogP) is 3.44. The van der Waals surface area contributed by atoms with Crippen LogP contribution in [-0.2, 0) is 6.54 Å². The molecule has 0 aliphatic carbocycles. The molecule has 0 saturated heterocycles. The maximum atomic E-state index is 4.45. The molecule has 0 unspecified atom stereocenters. The van der Waals surface area contributed by atoms with Crippen molar-refractivity contribution in [1.29, 1.82) is 0 Å². The molecule has 0 spiro atoms. The molecular weight excluding hydrogens is 224 g/mol. The third-order valence-corrected chi connectivity index (χ3v) is 2.94. The van der Waals surface area contributed by atoms with Gasteiger partial charge in [-0.15, -0.1) is 0 Å². The van der Waals surface area contributed by atoms with E-state index in [2.05, 4.69) is 32.8 Å². The van der Waals surface area contributed by atoms with Crippen LogP contribution in [0.15, 0.2) is 24.5 Å². The first-order valence-electron chi connectivity index (χ1n) is 6.43. The van der Waals surface area contributed by atoms with Crippen molar-refractivity contribution >= 4 is 11.6 Å². The molecule has 0 aliphatic heterocycles. The summed E-state index contributed by atoms with van der Waals surface area (Å²) in [6, 6.07) is 4.06. The fraction of sp³-hybridized carbons (Fsp3) is 0.429. The van der Waals surface area contributed by atoms with Crippen molar-refractivity contribution in [2.45, 2.75) is 40.2 Å². The fourth-order valence-electron chi connectivity index (χ4n) is 1.88. The molecule has 0 aliphatic rings. The lowest BCUT2D eigenvalue weighted by atomic mass is 10.3. The summed E-state index contributed by atoms with van der Waals surface area (Å²) in [4.78, 5) is 8.80. The van der Waals surface area contributed by atoms with Gasteiger partial charge in [0.1, 0.15) is 0 Å². The zero-order chi connectivity index (χ0) is 13.0. The molecule has 0 fully saturated rings. The number of nitrogens with one attached hydrogen (secondary N) is 1. The number of imidazole rings is 1. The standard InChI is InChI=1S/C14H20N4/c1-4-5-9-18-10-8-15-14(18)17-13-7-6-11(2)16-12(13)3/h6-8,10H,4-5,9H2,1-3H3,(H,15,17). The number of hydrogen-bond acceptors (Lipinski definition) is 3. The van der Waals surface area contributed by atoms with Crippen LogP contribution in [0.5, 0.6) is 0 Å². The molecule has 2 heterocycles. The van der Waals surface area contributed by atoms with Gasteiger partial charge in [-0.1, -0.05) is 13.3 Å². The highest BCUT2D eigenvalue weighted by Crippen LogP contribution is 2.18. The average molecular weight is 244 g/mol. The van der Waals surface area contributed by atoms with Crippen molar-refractivity contribution < 1.29 is 0 Å². The Kier molecular flexibility index (Phi) is 3.97. The zero-order valence-electron chi connectivity index (χ0n) is 11.3. The van der Waals surface area contributed by atoms with E-state index in [0.717, 1.165) is 36.0 Å². The van der Waals surface area contributed by atoms with Crippen LogP contribution in [0.2, 0.25) is 0 Å². The molecule has 1 N–H and O–H groups in total. The van der Waals surface area contributed by atoms with E-state index in [1.165, 1.54) is 6.42 Å². The maximum Gasteiger partial charge on any atom is 0.207 e. The minimum atomic E-state index is 0.886. The molecule has 0 atom stereocenters. The molecule has 4 heteroatoms. The van der Waals surface area contributed by atoms with Crippen LogP contribution in [0.25, 0.3) is 0 Å². The topological polar surface area (TPSA) is 42.7 Å². The molecule has 0 amide bonds. The smallest absolute Gasteiger partial charge is 0.207 e. The highest BCUT2D eigenvalue weighted by molar-refractivity contribution is 5.56. The van der Waals surface area contributed by atoms with Crippen LogP contribution in [0.3, 0.4) is 0 Å². The van der Waals surface area contributed by atoms with Gasteiger partial charge in [-0.2, -0.15) is 0 Å². The van der Waals surface area contributed by atoms with Crippen LogP contribution < -0.4 is 5.32 Å². The molecular formula is C14H20N4. The second-order valence-corrected chi connectivity index (χ2v) is 4.51. The second-order valence-electron chi connectivity index (χ2n) is 4.51. The molecule has 0 bridgehead atoms. The summed E-state index contributed by atoms with van der Waals surface area (Å²) in [6.07, 6.45) is 6.18. The van der Waals surface area contributed by atoms with Gasteiger partial charge in [0.2, 0.25) is 5.95 Å². The molecule has 2 aromatic rings. The minimum absolute atomic E-state index is 0.886. The highest BCUT2D eigenvalue weighted by atomic mass is 15.2. The Hall–Kier alpha value is -1.84. The average Bonchev–Trinajstić information content (AvgIpc) is 2.77. The van der Waals surface area contributed by atoms with E-state index < -0.39 is 0 Å². The predicted molar refractivity (Wildman–Crippen MR) is 74.1 cm³/mol. The van der Waals surface area contributed by atoms with E-state index in [1.807, 2.05) is 32.3 Å². The number of aromatic nitrogens is 3. The SMILES string of the molecule is CCCCn1ccnc1Nc1ccc(C)nc1C. The van der Waals surface area contributed by atoms with Crippen LogP contribution in [0.4, 0.5) is 11.6 Å². The number of unbranched alkanes of at least 4 members (excludes halogenated alkanes) is 1. The third-order valence-electron chi connectivity index (χ3n) is 2.94. The first-order valence-corrected chi connectivity index (χ1v) is 6.43. The van der Waals surface area contributed by atoms with Crippen molar-refractivity contribution in [3.63, 3.8) is 0 Å². The molecule has 18 heavy (non-hydrogen) atoms. The molecule has 96 valence electrons. The molecule has 0 saturated carbocycles. The van der Waals surface area contributed by atoms with Crippen LogP contribution >= 0.6 is 0 Å². The Labute approximate surface area is 108 Å². The second kappa shape index (κ2) is 5.67. The number of anilines is 2. The van der Waals surface area contributed by atoms with Crippen molar-refractivity contribution in [3.05, 3.63) is 35.9 Å². The Balaban J connectivity index is 2.15. The summed E-state index contributed by atoms with van der Waals surface area (Å²) in [5.41, 5.74) is 3.05. The summed E-state index contributed by atoms with van der Waals surface area (Å²) in [6.45, 7) is 7.20. The van der Waals surface area contributed by atoms with Gasteiger partial charge in [0.15, 0.2) is 0 Å². The number of rotatable bonds is 5. The van der Waals surface area contributed by atoms with Gasteiger partial charge in [-0.3, -0.25) is 4.98 Å². The van der Waals surface area contributed by atoms with Crippen LogP contribution in [0.1, 0.15) is 31.2 Å². The lowest BCUT2D eigenvalue weighted by Crippen LogP contribution is -2.05. The van der Waals surface area contributed by atoms with Crippen LogP contribution in [0, 0.1) is 13.8 Å². The number of hydrogen-bond donors (Lipinski definition) is 1. The zero-order valence-corrected chi connectivity index (χ0v) is 11.3. The van der Waals surface area contributed by atoms with Gasteiger partial charge >= 0.3 is 0 Å². The van der Waals surface area contributed by atoms with E-state index in [4.69, 9.17) is 0 Å². The van der Waals surface area contributed by atoms with Crippen LogP contribution in [-0.4, -0.2) is 14.5 Å². The van der Waals surface area contributed by atoms with Gasteiger partial charge in [-0.25, -0.2) is 4.98 Å². The number of pyridine rings is 1. The molecule has 0 aromatic carbocycles. The lowest BCUT2D eigenvalue weighted by molar-refractivity contribution is 0.638. The molecule has 2 aromatic heterocycles. The molecule has 0 radical (unpaired) electrons. The highest BCUT2D eigenvalue weighted by Gasteiger charge is 2.05. The van der Waals surface area contributed by atoms with Crippen molar-refractivity contribution in [2.24, 2.45) is 0 Å². The lowest BCUT2D eigenvalue weighted by Gasteiger charge is -2.11. The van der Waals surface area contributed by atoms with Gasteiger partial charge in [0.05, 0.1) is 11.4 Å². The minimum Gasteiger partial charge on any atom is -0.324 e. The Morgan fingerprint density at radius 2 is 2.11 bits per heavy atom. The normalized spacial score (nSPS) is 10.6. The maximum absolute atomic E-state index is 4.45. The monoisotopic (exact) mass is 244 g/mol. The summed E-state index contributed by atoms with van der Waals surface area (Å²) in [7, 11) is 0. The van der Waals surface area contributed by atoms with Crippen molar-refractivity contribution in [3.8, 4) is 0 Å². The van der Waals surface area contributed by atoms with Crippen molar-refractivity contribution in [1.82, 2.24) is 14.5 Å². The summed E-state index contributed by atoms with van der Waals surface area (Å²) in [5.74, 6) is 0.886. The largest absolute Gasteiger partial charge is 0.324 e.